The molecule has 1 rings (SSSR count). The number of hydrogen-bond donors (Lipinski definition) is 5. The first-order chi connectivity index (χ1) is 12.8. The van der Waals surface area contributed by atoms with Crippen LogP contribution in [0.4, 0.5) is 11.6 Å². The van der Waals surface area contributed by atoms with Crippen molar-refractivity contribution in [2.45, 2.75) is 6.92 Å². The molecule has 0 fully saturated rings. The summed E-state index contributed by atoms with van der Waals surface area (Å²) in [7, 11) is 0. The zero-order valence-electron chi connectivity index (χ0n) is 15.8. The topological polar surface area (TPSA) is 202 Å². The fourth-order valence-electron chi connectivity index (χ4n) is 1.66. The standard InChI is InChI=1S/C14H24ClN9O3.2ClH/c1-8(16)20-2-4-26-6-7-27-5-3-21-14(19)24-13(25)9-11(17)23-12(18)10(15)22-9;;/h2-7H2,1H3,(H2,16,20)(H4,17,18,23)(H3,19,21,24,25);2*1H. The number of nitrogens with one attached hydrogen (secondary N) is 1. The van der Waals surface area contributed by atoms with E-state index in [2.05, 4.69) is 25.3 Å². The minimum Gasteiger partial charge on any atom is -0.388 e. The van der Waals surface area contributed by atoms with Crippen LogP contribution < -0.4 is 28.3 Å². The Hall–Kier alpha value is -2.12. The molecule has 0 aliphatic rings. The number of halogens is 3. The average Bonchev–Trinajstić information content (AvgIpc) is 2.59. The zero-order chi connectivity index (χ0) is 20.2. The van der Waals surface area contributed by atoms with Crippen molar-refractivity contribution in [3.05, 3.63) is 10.8 Å². The Morgan fingerprint density at radius 1 is 1.00 bits per heavy atom. The average molecular weight is 475 g/mol. The maximum atomic E-state index is 12.0. The second kappa shape index (κ2) is 15.8. The summed E-state index contributed by atoms with van der Waals surface area (Å²) in [6.45, 7) is 4.05. The van der Waals surface area contributed by atoms with Crippen molar-refractivity contribution >= 4 is 65.8 Å². The van der Waals surface area contributed by atoms with Gasteiger partial charge in [-0.1, -0.05) is 11.6 Å². The molecule has 0 aliphatic heterocycles. The van der Waals surface area contributed by atoms with Gasteiger partial charge in [-0.25, -0.2) is 9.97 Å². The number of amides is 1. The van der Waals surface area contributed by atoms with Gasteiger partial charge in [0.1, 0.15) is 0 Å². The number of hydrogen-bond acceptors (Lipinski definition) is 9. The van der Waals surface area contributed by atoms with E-state index in [1.807, 2.05) is 0 Å². The lowest BCUT2D eigenvalue weighted by atomic mass is 10.4. The van der Waals surface area contributed by atoms with Crippen LogP contribution in [0.1, 0.15) is 17.4 Å². The quantitative estimate of drug-likeness (QED) is 0.170. The lowest BCUT2D eigenvalue weighted by Crippen LogP contribution is -2.38. The number of nitrogens with zero attached hydrogens (tertiary/aromatic N) is 4. The Bertz CT molecular complexity index is 700. The minimum atomic E-state index is -0.701. The minimum absolute atomic E-state index is 0. The number of nitrogens with two attached hydrogens (primary N) is 4. The SMILES string of the molecule is CC(N)=NCCOCCOCCN=C(N)NC(=O)c1nc(Cl)c(N)nc1N.Cl.Cl. The van der Waals surface area contributed by atoms with Gasteiger partial charge in [0.25, 0.3) is 5.91 Å². The first-order valence-electron chi connectivity index (χ1n) is 7.93. The fraction of sp³-hybridized carbons (Fsp3) is 0.500. The Balaban J connectivity index is 0. The first kappa shape index (κ1) is 29.1. The molecular weight excluding hydrogens is 449 g/mol. The number of aromatic nitrogens is 2. The predicted octanol–water partition coefficient (Wildman–Crippen LogP) is -0.407. The van der Waals surface area contributed by atoms with Crippen LogP contribution in [-0.2, 0) is 9.47 Å². The van der Waals surface area contributed by atoms with E-state index in [0.29, 0.717) is 38.8 Å². The van der Waals surface area contributed by atoms with Crippen LogP contribution in [0, 0.1) is 0 Å². The molecule has 166 valence electrons. The normalized spacial score (nSPS) is 11.4. The van der Waals surface area contributed by atoms with Crippen molar-refractivity contribution < 1.29 is 14.3 Å². The summed E-state index contributed by atoms with van der Waals surface area (Å²) in [5.41, 5.74) is 21.8. The molecule has 0 aromatic carbocycles. The van der Waals surface area contributed by atoms with Crippen molar-refractivity contribution in [2.75, 3.05) is 51.0 Å². The number of amidine groups is 1. The third-order valence-electron chi connectivity index (χ3n) is 2.85. The summed E-state index contributed by atoms with van der Waals surface area (Å²) in [6, 6.07) is 0. The van der Waals surface area contributed by atoms with Crippen LogP contribution in [0.5, 0.6) is 0 Å². The molecule has 0 saturated carbocycles. The molecular formula is C14H26Cl3N9O3. The van der Waals surface area contributed by atoms with Crippen LogP contribution in [-0.4, -0.2) is 67.2 Å². The summed E-state index contributed by atoms with van der Waals surface area (Å²) in [5.74, 6) is -0.544. The second-order valence-corrected chi connectivity index (χ2v) is 5.46. The van der Waals surface area contributed by atoms with Crippen molar-refractivity contribution in [3.8, 4) is 0 Å². The van der Waals surface area contributed by atoms with Crippen molar-refractivity contribution in [1.29, 1.82) is 0 Å². The van der Waals surface area contributed by atoms with E-state index in [-0.39, 0.29) is 59.8 Å². The highest BCUT2D eigenvalue weighted by Crippen LogP contribution is 2.16. The molecule has 1 aromatic heterocycles. The van der Waals surface area contributed by atoms with Gasteiger partial charge in [0, 0.05) is 0 Å². The van der Waals surface area contributed by atoms with Gasteiger partial charge in [-0.3, -0.25) is 20.1 Å². The number of aliphatic imine (C=N–C) groups is 2. The molecule has 0 unspecified atom stereocenters. The van der Waals surface area contributed by atoms with E-state index in [1.165, 1.54) is 0 Å². The molecule has 29 heavy (non-hydrogen) atoms. The maximum absolute atomic E-state index is 12.0. The molecule has 1 heterocycles. The molecule has 12 nitrogen and oxygen atoms in total. The van der Waals surface area contributed by atoms with E-state index in [0.717, 1.165) is 0 Å². The molecule has 0 radical (unpaired) electrons. The van der Waals surface area contributed by atoms with Gasteiger partial charge in [0.2, 0.25) is 0 Å². The van der Waals surface area contributed by atoms with E-state index in [4.69, 9.17) is 44.0 Å². The largest absolute Gasteiger partial charge is 0.388 e. The van der Waals surface area contributed by atoms with Crippen LogP contribution in [0.2, 0.25) is 5.15 Å². The second-order valence-electron chi connectivity index (χ2n) is 5.10. The summed E-state index contributed by atoms with van der Waals surface area (Å²) < 4.78 is 10.6. The van der Waals surface area contributed by atoms with Gasteiger partial charge in [0.05, 0.1) is 45.4 Å². The molecule has 0 atom stereocenters. The van der Waals surface area contributed by atoms with Gasteiger partial charge >= 0.3 is 0 Å². The van der Waals surface area contributed by atoms with Gasteiger partial charge in [-0.05, 0) is 6.92 Å². The Kier molecular flexibility index (Phi) is 15.8. The molecule has 1 aromatic rings. The smallest absolute Gasteiger partial charge is 0.280 e. The molecule has 0 spiro atoms. The molecule has 15 heteroatoms. The molecule has 9 N–H and O–H groups in total. The van der Waals surface area contributed by atoms with Crippen LogP contribution in [0.25, 0.3) is 0 Å². The van der Waals surface area contributed by atoms with E-state index in [1.54, 1.807) is 6.92 Å². The Morgan fingerprint density at radius 2 is 1.55 bits per heavy atom. The van der Waals surface area contributed by atoms with Crippen LogP contribution in [0.15, 0.2) is 9.98 Å². The predicted molar refractivity (Wildman–Crippen MR) is 118 cm³/mol. The number of ether oxygens (including phenoxy) is 2. The number of carbonyl (C=O) groups excluding carboxylic acids is 1. The van der Waals surface area contributed by atoms with Crippen LogP contribution in [0.3, 0.4) is 0 Å². The highest BCUT2D eigenvalue weighted by atomic mass is 35.5. The number of anilines is 2. The Morgan fingerprint density at radius 3 is 2.10 bits per heavy atom. The number of carbonyl (C=O) groups is 1. The number of guanidine groups is 1. The van der Waals surface area contributed by atoms with Crippen LogP contribution >= 0.6 is 36.4 Å². The summed E-state index contributed by atoms with van der Waals surface area (Å²) >= 11 is 5.72. The first-order valence-corrected chi connectivity index (χ1v) is 8.30. The molecule has 0 aliphatic carbocycles. The number of rotatable bonds is 10. The van der Waals surface area contributed by atoms with E-state index < -0.39 is 5.91 Å². The molecule has 0 saturated heterocycles. The molecule has 1 amide bonds. The van der Waals surface area contributed by atoms with Gasteiger partial charge in [-0.2, -0.15) is 0 Å². The monoisotopic (exact) mass is 473 g/mol. The summed E-state index contributed by atoms with van der Waals surface area (Å²) in [4.78, 5) is 27.4. The van der Waals surface area contributed by atoms with E-state index >= 15 is 0 Å². The maximum Gasteiger partial charge on any atom is 0.280 e. The third-order valence-corrected chi connectivity index (χ3v) is 3.13. The van der Waals surface area contributed by atoms with Gasteiger partial charge < -0.3 is 32.4 Å². The summed E-state index contributed by atoms with van der Waals surface area (Å²) in [6.07, 6.45) is 0. The van der Waals surface area contributed by atoms with Gasteiger partial charge in [-0.15, -0.1) is 24.8 Å². The Labute approximate surface area is 185 Å². The summed E-state index contributed by atoms with van der Waals surface area (Å²) in [5, 5.41) is 2.19. The lowest BCUT2D eigenvalue weighted by molar-refractivity contribution is 0.0540. The zero-order valence-corrected chi connectivity index (χ0v) is 18.1. The fourth-order valence-corrected chi connectivity index (χ4v) is 1.79. The van der Waals surface area contributed by atoms with Gasteiger partial charge in [0.15, 0.2) is 28.4 Å². The highest BCUT2D eigenvalue weighted by Gasteiger charge is 2.16. The lowest BCUT2D eigenvalue weighted by Gasteiger charge is -2.07. The third kappa shape index (κ3) is 12.1. The highest BCUT2D eigenvalue weighted by molar-refractivity contribution is 6.31. The molecule has 0 bridgehead atoms. The van der Waals surface area contributed by atoms with Crippen molar-refractivity contribution in [3.63, 3.8) is 0 Å². The number of nitrogen functional groups attached to an aromatic ring is 2. The van der Waals surface area contributed by atoms with Crippen molar-refractivity contribution in [2.24, 2.45) is 21.5 Å². The van der Waals surface area contributed by atoms with E-state index in [9.17, 15) is 4.79 Å². The van der Waals surface area contributed by atoms with Crippen molar-refractivity contribution in [1.82, 2.24) is 15.3 Å².